The number of likely N-dealkylation sites (N-methyl/N-ethyl adjacent to an activating group) is 1. The maximum Gasteiger partial charge on any atom is 0.257 e. The van der Waals surface area contributed by atoms with Gasteiger partial charge in [-0.1, -0.05) is 24.3 Å². The molecule has 0 bridgehead atoms. The Hall–Kier alpha value is -3.68. The molecular formula is C22H24N4O4. The molecule has 0 aliphatic carbocycles. The smallest absolute Gasteiger partial charge is 0.257 e. The zero-order valence-electron chi connectivity index (χ0n) is 16.9. The number of amides is 4. The van der Waals surface area contributed by atoms with Crippen molar-refractivity contribution in [2.45, 2.75) is 25.8 Å². The second kappa shape index (κ2) is 9.21. The molecule has 156 valence electrons. The minimum Gasteiger partial charge on any atom is -0.357 e. The molecule has 3 rings (SSSR count). The molecule has 1 atom stereocenters. The summed E-state index contributed by atoms with van der Waals surface area (Å²) in [5, 5.41) is 7.99. The van der Waals surface area contributed by atoms with Gasteiger partial charge in [-0.2, -0.15) is 0 Å². The van der Waals surface area contributed by atoms with Gasteiger partial charge in [0.1, 0.15) is 6.04 Å². The first-order valence-electron chi connectivity index (χ1n) is 9.72. The van der Waals surface area contributed by atoms with E-state index in [9.17, 15) is 19.2 Å². The Morgan fingerprint density at radius 1 is 0.900 bits per heavy atom. The number of hydrogen-bond acceptors (Lipinski definition) is 4. The summed E-state index contributed by atoms with van der Waals surface area (Å²) in [6.45, 7) is 1.84. The molecule has 2 aromatic carbocycles. The molecule has 0 radical (unpaired) electrons. The van der Waals surface area contributed by atoms with Crippen LogP contribution < -0.4 is 16.0 Å². The van der Waals surface area contributed by atoms with Gasteiger partial charge >= 0.3 is 0 Å². The third-order valence-electron chi connectivity index (χ3n) is 4.95. The number of anilines is 2. The Morgan fingerprint density at radius 3 is 2.13 bits per heavy atom. The maximum atomic E-state index is 13.2. The van der Waals surface area contributed by atoms with Crippen molar-refractivity contribution in [3.8, 4) is 0 Å². The number of carbonyl (C=O) groups is 4. The zero-order chi connectivity index (χ0) is 21.7. The van der Waals surface area contributed by atoms with Gasteiger partial charge in [-0.15, -0.1) is 0 Å². The number of benzene rings is 2. The van der Waals surface area contributed by atoms with E-state index < -0.39 is 11.9 Å². The van der Waals surface area contributed by atoms with E-state index in [1.165, 1.54) is 11.8 Å². The van der Waals surface area contributed by atoms with Gasteiger partial charge in [0.05, 0.1) is 22.5 Å². The van der Waals surface area contributed by atoms with Crippen molar-refractivity contribution in [2.75, 3.05) is 24.2 Å². The van der Waals surface area contributed by atoms with Crippen LogP contribution in [0.25, 0.3) is 0 Å². The van der Waals surface area contributed by atoms with Crippen molar-refractivity contribution in [1.82, 2.24) is 10.2 Å². The molecule has 1 heterocycles. The fourth-order valence-corrected chi connectivity index (χ4v) is 3.55. The van der Waals surface area contributed by atoms with Crippen molar-refractivity contribution < 1.29 is 19.2 Å². The summed E-state index contributed by atoms with van der Waals surface area (Å²) in [5.41, 5.74) is 1.30. The van der Waals surface area contributed by atoms with Crippen molar-refractivity contribution in [1.29, 1.82) is 0 Å². The van der Waals surface area contributed by atoms with Gasteiger partial charge < -0.3 is 20.9 Å². The van der Waals surface area contributed by atoms with E-state index in [4.69, 9.17) is 0 Å². The van der Waals surface area contributed by atoms with Crippen LogP contribution in [0.5, 0.6) is 0 Å². The molecule has 8 heteroatoms. The minimum atomic E-state index is -0.522. The van der Waals surface area contributed by atoms with Gasteiger partial charge in [0.15, 0.2) is 0 Å². The van der Waals surface area contributed by atoms with Gasteiger partial charge in [-0.25, -0.2) is 0 Å². The van der Waals surface area contributed by atoms with Crippen molar-refractivity contribution in [3.05, 3.63) is 59.7 Å². The van der Waals surface area contributed by atoms with E-state index in [0.29, 0.717) is 29.9 Å². The molecule has 1 saturated heterocycles. The Bertz CT molecular complexity index is 989. The van der Waals surface area contributed by atoms with Crippen LogP contribution in [0.2, 0.25) is 0 Å². The number of carbonyl (C=O) groups excluding carboxylic acids is 4. The second-order valence-electron chi connectivity index (χ2n) is 7.00. The molecule has 1 aliphatic heterocycles. The predicted molar refractivity (Wildman–Crippen MR) is 113 cm³/mol. The first-order chi connectivity index (χ1) is 14.4. The lowest BCUT2D eigenvalue weighted by Crippen LogP contribution is -2.45. The third-order valence-corrected chi connectivity index (χ3v) is 4.95. The molecule has 0 saturated carbocycles. The molecule has 8 nitrogen and oxygen atoms in total. The predicted octanol–water partition coefficient (Wildman–Crippen LogP) is 2.25. The van der Waals surface area contributed by atoms with Crippen LogP contribution in [-0.4, -0.2) is 48.2 Å². The molecule has 30 heavy (non-hydrogen) atoms. The number of rotatable bonds is 5. The Morgan fingerprint density at radius 2 is 1.50 bits per heavy atom. The van der Waals surface area contributed by atoms with Crippen LogP contribution in [-0.2, 0) is 9.59 Å². The van der Waals surface area contributed by atoms with Crippen molar-refractivity contribution in [2.24, 2.45) is 0 Å². The molecule has 3 N–H and O–H groups in total. The van der Waals surface area contributed by atoms with Gasteiger partial charge in [-0.3, -0.25) is 19.2 Å². The summed E-state index contributed by atoms with van der Waals surface area (Å²) in [5.74, 6) is -1.26. The van der Waals surface area contributed by atoms with Crippen LogP contribution in [0, 0.1) is 0 Å². The number of likely N-dealkylation sites (tertiary alicyclic amines) is 1. The molecule has 1 fully saturated rings. The normalized spacial score (nSPS) is 15.4. The summed E-state index contributed by atoms with van der Waals surface area (Å²) in [6, 6.07) is 12.8. The molecule has 0 unspecified atom stereocenters. The molecular weight excluding hydrogens is 384 g/mol. The first-order valence-corrected chi connectivity index (χ1v) is 9.72. The maximum absolute atomic E-state index is 13.2. The molecule has 0 aromatic heterocycles. The lowest BCUT2D eigenvalue weighted by atomic mass is 10.1. The summed E-state index contributed by atoms with van der Waals surface area (Å²) >= 11 is 0. The second-order valence-corrected chi connectivity index (χ2v) is 7.00. The van der Waals surface area contributed by atoms with Crippen molar-refractivity contribution >= 4 is 35.0 Å². The average Bonchev–Trinajstić information content (AvgIpc) is 3.23. The van der Waals surface area contributed by atoms with Crippen LogP contribution >= 0.6 is 0 Å². The zero-order valence-corrected chi connectivity index (χ0v) is 16.9. The lowest BCUT2D eigenvalue weighted by Gasteiger charge is -2.24. The fourth-order valence-electron chi connectivity index (χ4n) is 3.55. The van der Waals surface area contributed by atoms with Crippen LogP contribution in [0.4, 0.5) is 11.4 Å². The quantitative estimate of drug-likeness (QED) is 0.705. The Labute approximate surface area is 174 Å². The van der Waals surface area contributed by atoms with Gasteiger partial charge in [0.25, 0.3) is 11.8 Å². The topological polar surface area (TPSA) is 108 Å². The first kappa shape index (κ1) is 21.0. The number of hydrogen-bond donors (Lipinski definition) is 3. The standard InChI is InChI=1S/C22H24N4O4/c1-14(27)24-17-10-5-3-8-15(17)20(28)25-18-11-6-4-9-16(18)22(30)26-13-7-12-19(26)21(29)23-2/h3-6,8-11,19H,7,12-13H2,1-2H3,(H,23,29)(H,24,27)(H,25,28)/t19-/m1/s1. The van der Waals surface area contributed by atoms with E-state index in [-0.39, 0.29) is 23.3 Å². The molecule has 2 aromatic rings. The summed E-state index contributed by atoms with van der Waals surface area (Å²) in [6.07, 6.45) is 1.34. The Kier molecular flexibility index (Phi) is 6.46. The number of nitrogens with one attached hydrogen (secondary N) is 3. The van der Waals surface area contributed by atoms with E-state index in [2.05, 4.69) is 16.0 Å². The highest BCUT2D eigenvalue weighted by Gasteiger charge is 2.34. The van der Waals surface area contributed by atoms with E-state index >= 15 is 0 Å². The monoisotopic (exact) mass is 408 g/mol. The highest BCUT2D eigenvalue weighted by Crippen LogP contribution is 2.25. The molecule has 4 amide bonds. The van der Waals surface area contributed by atoms with Gasteiger partial charge in [0, 0.05) is 20.5 Å². The molecule has 1 aliphatic rings. The summed E-state index contributed by atoms with van der Waals surface area (Å²) in [4.78, 5) is 51.1. The SMILES string of the molecule is CNC(=O)[C@H]1CCCN1C(=O)c1ccccc1NC(=O)c1ccccc1NC(C)=O. The highest BCUT2D eigenvalue weighted by molar-refractivity contribution is 6.12. The third kappa shape index (κ3) is 4.48. The van der Waals surface area contributed by atoms with E-state index in [0.717, 1.165) is 6.42 Å². The number of nitrogens with zero attached hydrogens (tertiary/aromatic N) is 1. The highest BCUT2D eigenvalue weighted by atomic mass is 16.2. The summed E-state index contributed by atoms with van der Waals surface area (Å²) in [7, 11) is 1.55. The Balaban J connectivity index is 1.86. The molecule has 0 spiro atoms. The van der Waals surface area contributed by atoms with Crippen LogP contribution in [0.3, 0.4) is 0 Å². The van der Waals surface area contributed by atoms with Gasteiger partial charge in [-0.05, 0) is 37.1 Å². The average molecular weight is 408 g/mol. The van der Waals surface area contributed by atoms with E-state index in [1.807, 2.05) is 0 Å². The number of para-hydroxylation sites is 2. The van der Waals surface area contributed by atoms with Gasteiger partial charge in [0.2, 0.25) is 11.8 Å². The van der Waals surface area contributed by atoms with Crippen LogP contribution in [0.1, 0.15) is 40.5 Å². The fraction of sp³-hybridized carbons (Fsp3) is 0.273. The van der Waals surface area contributed by atoms with Crippen LogP contribution in [0.15, 0.2) is 48.5 Å². The minimum absolute atomic E-state index is 0.202. The largest absolute Gasteiger partial charge is 0.357 e. The van der Waals surface area contributed by atoms with Crippen molar-refractivity contribution in [3.63, 3.8) is 0 Å². The van der Waals surface area contributed by atoms with E-state index in [1.54, 1.807) is 55.6 Å². The lowest BCUT2D eigenvalue weighted by molar-refractivity contribution is -0.124. The summed E-state index contributed by atoms with van der Waals surface area (Å²) < 4.78 is 0.